The molecule has 0 radical (unpaired) electrons. The molecular weight excluding hydrogens is 256 g/mol. The van der Waals surface area contributed by atoms with Crippen LogP contribution in [0.2, 0.25) is 5.02 Å². The lowest BCUT2D eigenvalue weighted by atomic mass is 10.2. The van der Waals surface area contributed by atoms with E-state index in [2.05, 4.69) is 0 Å². The van der Waals surface area contributed by atoms with Crippen LogP contribution in [0.4, 0.5) is 0 Å². The highest BCUT2D eigenvalue weighted by molar-refractivity contribution is 6.32. The molecule has 1 aromatic carbocycles. The van der Waals surface area contributed by atoms with Gasteiger partial charge in [-0.15, -0.1) is 0 Å². The molecule has 0 spiro atoms. The summed E-state index contributed by atoms with van der Waals surface area (Å²) in [4.78, 5) is 10.3. The molecule has 0 unspecified atom stereocenters. The van der Waals surface area contributed by atoms with Crippen molar-refractivity contribution in [1.29, 1.82) is 0 Å². The Kier molecular flexibility index (Phi) is 5.27. The van der Waals surface area contributed by atoms with Gasteiger partial charge in [0.05, 0.1) is 19.2 Å². The van der Waals surface area contributed by atoms with Gasteiger partial charge in [0, 0.05) is 12.1 Å². The van der Waals surface area contributed by atoms with Crippen LogP contribution in [-0.4, -0.2) is 25.3 Å². The SMILES string of the molecule is COc1cc(Cl)c(/C=C/C=C/C(=O)O)cc1OC. The van der Waals surface area contributed by atoms with E-state index in [9.17, 15) is 4.79 Å². The Morgan fingerprint density at radius 2 is 1.83 bits per heavy atom. The fraction of sp³-hybridized carbons (Fsp3) is 0.154. The lowest BCUT2D eigenvalue weighted by Gasteiger charge is -2.09. The zero-order valence-electron chi connectivity index (χ0n) is 10.0. The largest absolute Gasteiger partial charge is 0.493 e. The van der Waals surface area contributed by atoms with E-state index in [-0.39, 0.29) is 0 Å². The molecule has 0 atom stereocenters. The van der Waals surface area contributed by atoms with Gasteiger partial charge in [0.25, 0.3) is 0 Å². The first-order valence-electron chi connectivity index (χ1n) is 5.07. The molecule has 0 aliphatic rings. The standard InChI is InChI=1S/C13H13ClO4/c1-17-11-7-9(5-3-4-6-13(15)16)10(14)8-12(11)18-2/h3-8H,1-2H3,(H,15,16)/b5-3+,6-4+. The summed E-state index contributed by atoms with van der Waals surface area (Å²) < 4.78 is 10.3. The zero-order chi connectivity index (χ0) is 13.5. The average molecular weight is 269 g/mol. The summed E-state index contributed by atoms with van der Waals surface area (Å²) in [6, 6.07) is 3.35. The monoisotopic (exact) mass is 268 g/mol. The van der Waals surface area contributed by atoms with Crippen molar-refractivity contribution in [2.24, 2.45) is 0 Å². The van der Waals surface area contributed by atoms with E-state index in [1.807, 2.05) is 0 Å². The van der Waals surface area contributed by atoms with Crippen molar-refractivity contribution in [2.45, 2.75) is 0 Å². The Balaban J connectivity index is 2.99. The Labute approximate surface area is 110 Å². The third-order valence-electron chi connectivity index (χ3n) is 2.13. The van der Waals surface area contributed by atoms with E-state index in [1.165, 1.54) is 20.3 Å². The molecule has 1 N–H and O–H groups in total. The Morgan fingerprint density at radius 1 is 1.22 bits per heavy atom. The van der Waals surface area contributed by atoms with Crippen LogP contribution in [0.1, 0.15) is 5.56 Å². The zero-order valence-corrected chi connectivity index (χ0v) is 10.8. The molecule has 0 aromatic heterocycles. The maximum Gasteiger partial charge on any atom is 0.328 e. The van der Waals surface area contributed by atoms with Gasteiger partial charge in [-0.25, -0.2) is 4.79 Å². The number of ether oxygens (including phenoxy) is 2. The number of carboxylic acids is 1. The summed E-state index contributed by atoms with van der Waals surface area (Å²) in [5, 5.41) is 8.93. The Bertz CT molecular complexity index is 492. The number of halogens is 1. The molecule has 0 bridgehead atoms. The van der Waals surface area contributed by atoms with Crippen LogP contribution in [-0.2, 0) is 4.79 Å². The summed E-state index contributed by atoms with van der Waals surface area (Å²) in [7, 11) is 3.06. The average Bonchev–Trinajstić information content (AvgIpc) is 2.35. The molecule has 18 heavy (non-hydrogen) atoms. The highest BCUT2D eigenvalue weighted by atomic mass is 35.5. The second-order valence-electron chi connectivity index (χ2n) is 3.29. The molecule has 0 amide bonds. The van der Waals surface area contributed by atoms with Crippen molar-refractivity contribution in [3.05, 3.63) is 40.9 Å². The van der Waals surface area contributed by atoms with Crippen molar-refractivity contribution in [3.8, 4) is 11.5 Å². The quantitative estimate of drug-likeness (QED) is 0.659. The smallest absolute Gasteiger partial charge is 0.328 e. The number of carboxylic acid groups (broad SMARTS) is 1. The highest BCUT2D eigenvalue weighted by Crippen LogP contribution is 2.33. The maximum atomic E-state index is 10.3. The van der Waals surface area contributed by atoms with Gasteiger partial charge in [0.2, 0.25) is 0 Å². The summed E-state index contributed by atoms with van der Waals surface area (Å²) in [5.41, 5.74) is 0.712. The number of aliphatic carboxylic acids is 1. The highest BCUT2D eigenvalue weighted by Gasteiger charge is 2.07. The second-order valence-corrected chi connectivity index (χ2v) is 3.69. The third kappa shape index (κ3) is 3.82. The molecular formula is C13H13ClO4. The van der Waals surface area contributed by atoms with Crippen molar-refractivity contribution < 1.29 is 19.4 Å². The van der Waals surface area contributed by atoms with E-state index in [4.69, 9.17) is 26.2 Å². The van der Waals surface area contributed by atoms with Gasteiger partial charge in [-0.1, -0.05) is 29.8 Å². The molecule has 0 aliphatic heterocycles. The van der Waals surface area contributed by atoms with Gasteiger partial charge in [0.15, 0.2) is 11.5 Å². The predicted octanol–water partition coefficient (Wildman–Crippen LogP) is 3.01. The fourth-order valence-corrected chi connectivity index (χ4v) is 1.51. The summed E-state index contributed by atoms with van der Waals surface area (Å²) >= 11 is 6.05. The van der Waals surface area contributed by atoms with Crippen LogP contribution in [0.3, 0.4) is 0 Å². The number of hydrogen-bond acceptors (Lipinski definition) is 3. The van der Waals surface area contributed by atoms with E-state index < -0.39 is 5.97 Å². The van der Waals surface area contributed by atoms with Crippen molar-refractivity contribution >= 4 is 23.6 Å². The number of benzene rings is 1. The van der Waals surface area contributed by atoms with Crippen LogP contribution >= 0.6 is 11.6 Å². The van der Waals surface area contributed by atoms with Gasteiger partial charge < -0.3 is 14.6 Å². The first-order valence-corrected chi connectivity index (χ1v) is 5.45. The van der Waals surface area contributed by atoms with Crippen molar-refractivity contribution in [1.82, 2.24) is 0 Å². The second kappa shape index (κ2) is 6.71. The topological polar surface area (TPSA) is 55.8 Å². The van der Waals surface area contributed by atoms with Gasteiger partial charge >= 0.3 is 5.97 Å². The Hall–Kier alpha value is -1.94. The molecule has 0 aliphatic carbocycles. The molecule has 4 nitrogen and oxygen atoms in total. The molecule has 96 valence electrons. The number of hydrogen-bond donors (Lipinski definition) is 1. The normalized spacial score (nSPS) is 11.1. The molecule has 1 rings (SSSR count). The predicted molar refractivity (Wildman–Crippen MR) is 70.4 cm³/mol. The summed E-state index contributed by atoms with van der Waals surface area (Å²) in [6.45, 7) is 0. The number of allylic oxidation sites excluding steroid dienone is 2. The molecule has 0 saturated carbocycles. The summed E-state index contributed by atoms with van der Waals surface area (Å²) in [5.74, 6) is 0.0996. The van der Waals surface area contributed by atoms with Crippen molar-refractivity contribution in [3.63, 3.8) is 0 Å². The molecule has 0 saturated heterocycles. The minimum Gasteiger partial charge on any atom is -0.493 e. The van der Waals surface area contributed by atoms with E-state index in [1.54, 1.807) is 24.3 Å². The van der Waals surface area contributed by atoms with E-state index in [0.29, 0.717) is 22.1 Å². The summed E-state index contributed by atoms with van der Waals surface area (Å²) in [6.07, 6.45) is 5.71. The van der Waals surface area contributed by atoms with Gasteiger partial charge in [-0.05, 0) is 11.6 Å². The molecule has 1 aromatic rings. The van der Waals surface area contributed by atoms with E-state index >= 15 is 0 Å². The van der Waals surface area contributed by atoms with Crippen LogP contribution < -0.4 is 9.47 Å². The minimum absolute atomic E-state index is 0.493. The Morgan fingerprint density at radius 3 is 2.39 bits per heavy atom. The first-order chi connectivity index (χ1) is 8.58. The minimum atomic E-state index is -1.00. The number of methoxy groups -OCH3 is 2. The fourth-order valence-electron chi connectivity index (χ4n) is 1.29. The van der Waals surface area contributed by atoms with Gasteiger partial charge in [-0.3, -0.25) is 0 Å². The first kappa shape index (κ1) is 14.1. The van der Waals surface area contributed by atoms with Crippen LogP contribution in [0.25, 0.3) is 6.08 Å². The maximum absolute atomic E-state index is 10.3. The van der Waals surface area contributed by atoms with Crippen LogP contribution in [0.15, 0.2) is 30.4 Å². The lowest BCUT2D eigenvalue weighted by molar-refractivity contribution is -0.131. The van der Waals surface area contributed by atoms with Gasteiger partial charge in [-0.2, -0.15) is 0 Å². The molecule has 5 heteroatoms. The van der Waals surface area contributed by atoms with Crippen LogP contribution in [0, 0.1) is 0 Å². The van der Waals surface area contributed by atoms with E-state index in [0.717, 1.165) is 6.08 Å². The molecule has 0 fully saturated rings. The molecule has 0 heterocycles. The van der Waals surface area contributed by atoms with Gasteiger partial charge in [0.1, 0.15) is 0 Å². The number of rotatable bonds is 5. The van der Waals surface area contributed by atoms with Crippen molar-refractivity contribution in [2.75, 3.05) is 14.2 Å². The lowest BCUT2D eigenvalue weighted by Crippen LogP contribution is -1.91. The van der Waals surface area contributed by atoms with Crippen LogP contribution in [0.5, 0.6) is 11.5 Å². The third-order valence-corrected chi connectivity index (χ3v) is 2.46. The number of carbonyl (C=O) groups is 1.